The third kappa shape index (κ3) is 5.37. The zero-order valence-corrected chi connectivity index (χ0v) is 23.5. The van der Waals surface area contributed by atoms with Crippen LogP contribution in [0.1, 0.15) is 59.6 Å². The number of aliphatic hydroxyl groups is 2. The molecule has 214 valence electrons. The summed E-state index contributed by atoms with van der Waals surface area (Å²) in [7, 11) is 1.48. The molecule has 2 aromatic carbocycles. The van der Waals surface area contributed by atoms with Gasteiger partial charge < -0.3 is 20.3 Å². The maximum Gasteiger partial charge on any atom is 0.251 e. The van der Waals surface area contributed by atoms with Crippen molar-refractivity contribution >= 4 is 16.8 Å². The number of nitrogens with one attached hydrogen (secondary N) is 1. The van der Waals surface area contributed by atoms with Crippen LogP contribution in [0.25, 0.3) is 22.2 Å². The lowest BCUT2D eigenvalue weighted by molar-refractivity contribution is 0.00788. The largest absolute Gasteiger partial charge is 0.494 e. The van der Waals surface area contributed by atoms with Crippen molar-refractivity contribution in [2.75, 3.05) is 13.7 Å². The van der Waals surface area contributed by atoms with Crippen molar-refractivity contribution in [3.8, 4) is 17.0 Å². The number of methoxy groups -OCH3 is 1. The van der Waals surface area contributed by atoms with Crippen LogP contribution in [-0.2, 0) is 11.2 Å². The monoisotopic (exact) mass is 562 g/mol. The number of ether oxygens (including phenoxy) is 1. The standard InChI is InChI=1S/C31H32F2N4O4/c1-16-12-19-13-20(14-23(41-5)26(19)37-36-16)29(38)34-15-31(40,21-8-9-21)28-17(2)24(30(3,4)39)25(33)27(35-28)18-6-10-22(32)11-7-18/h6-7,10-14,21,39-40H,8-9,15H2,1-5H3,(H,34,38)/t31-/m0/s1. The number of carbonyl (C=O) groups is 1. The van der Waals surface area contributed by atoms with Crippen molar-refractivity contribution in [2.45, 2.75) is 51.7 Å². The minimum atomic E-state index is -1.66. The number of aromatic nitrogens is 3. The lowest BCUT2D eigenvalue weighted by atomic mass is 9.83. The summed E-state index contributed by atoms with van der Waals surface area (Å²) in [4.78, 5) is 17.9. The first-order valence-electron chi connectivity index (χ1n) is 13.4. The Bertz CT molecular complexity index is 1650. The molecule has 1 fully saturated rings. The molecule has 41 heavy (non-hydrogen) atoms. The number of aryl methyl sites for hydroxylation is 1. The van der Waals surface area contributed by atoms with Gasteiger partial charge in [-0.25, -0.2) is 13.8 Å². The Kier molecular flexibility index (Phi) is 7.25. The Morgan fingerprint density at radius 1 is 1.07 bits per heavy atom. The highest BCUT2D eigenvalue weighted by molar-refractivity contribution is 5.99. The van der Waals surface area contributed by atoms with Crippen molar-refractivity contribution in [3.63, 3.8) is 0 Å². The van der Waals surface area contributed by atoms with E-state index in [4.69, 9.17) is 4.74 Å². The molecule has 2 heterocycles. The number of benzene rings is 2. The van der Waals surface area contributed by atoms with Gasteiger partial charge in [0.25, 0.3) is 5.91 Å². The molecule has 0 radical (unpaired) electrons. The summed E-state index contributed by atoms with van der Waals surface area (Å²) in [6.07, 6.45) is 1.35. The van der Waals surface area contributed by atoms with Gasteiger partial charge in [-0.15, -0.1) is 5.10 Å². The van der Waals surface area contributed by atoms with Gasteiger partial charge in [0.2, 0.25) is 0 Å². The normalized spacial score (nSPS) is 15.0. The minimum absolute atomic E-state index is 0.0250. The van der Waals surface area contributed by atoms with Crippen LogP contribution in [0.4, 0.5) is 8.78 Å². The Balaban J connectivity index is 1.56. The van der Waals surface area contributed by atoms with E-state index < -0.39 is 28.7 Å². The van der Waals surface area contributed by atoms with Crippen LogP contribution in [-0.4, -0.2) is 45.0 Å². The minimum Gasteiger partial charge on any atom is -0.494 e. The number of nitrogens with zero attached hydrogens (tertiary/aromatic N) is 3. The Hall–Kier alpha value is -4.02. The average molecular weight is 563 g/mol. The molecule has 2 aromatic heterocycles. The number of amides is 1. The van der Waals surface area contributed by atoms with E-state index in [-0.39, 0.29) is 35.0 Å². The Morgan fingerprint density at radius 2 is 1.76 bits per heavy atom. The van der Waals surface area contributed by atoms with Gasteiger partial charge in [0, 0.05) is 22.1 Å². The van der Waals surface area contributed by atoms with E-state index in [0.29, 0.717) is 46.3 Å². The summed E-state index contributed by atoms with van der Waals surface area (Å²) >= 11 is 0. The first kappa shape index (κ1) is 28.5. The van der Waals surface area contributed by atoms with Gasteiger partial charge in [0.15, 0.2) is 5.82 Å². The Morgan fingerprint density at radius 3 is 2.37 bits per heavy atom. The molecule has 8 nitrogen and oxygen atoms in total. The molecule has 0 spiro atoms. The fraction of sp³-hybridized carbons (Fsp3) is 0.355. The highest BCUT2D eigenvalue weighted by Crippen LogP contribution is 2.48. The predicted molar refractivity (Wildman–Crippen MR) is 149 cm³/mol. The zero-order chi connectivity index (χ0) is 29.7. The molecule has 0 bridgehead atoms. The van der Waals surface area contributed by atoms with E-state index in [1.54, 1.807) is 32.0 Å². The van der Waals surface area contributed by atoms with Crippen molar-refractivity contribution in [3.05, 3.63) is 82.2 Å². The second kappa shape index (κ2) is 10.4. The van der Waals surface area contributed by atoms with Crippen LogP contribution >= 0.6 is 0 Å². The lowest BCUT2D eigenvalue weighted by Gasteiger charge is -2.33. The lowest BCUT2D eigenvalue weighted by Crippen LogP contribution is -2.44. The first-order chi connectivity index (χ1) is 19.3. The molecule has 0 saturated heterocycles. The number of fused-ring (bicyclic) bond motifs is 1. The van der Waals surface area contributed by atoms with Gasteiger partial charge in [-0.3, -0.25) is 4.79 Å². The third-order valence-corrected chi connectivity index (χ3v) is 7.55. The van der Waals surface area contributed by atoms with Gasteiger partial charge in [-0.1, -0.05) is 0 Å². The number of rotatable bonds is 8. The maximum absolute atomic E-state index is 15.9. The summed E-state index contributed by atoms with van der Waals surface area (Å²) in [5.41, 5.74) is -1.20. The highest BCUT2D eigenvalue weighted by atomic mass is 19.1. The van der Waals surface area contributed by atoms with Crippen molar-refractivity contribution < 1.29 is 28.5 Å². The molecule has 0 unspecified atom stereocenters. The fourth-order valence-electron chi connectivity index (χ4n) is 5.41. The van der Waals surface area contributed by atoms with E-state index >= 15 is 4.39 Å². The summed E-state index contributed by atoms with van der Waals surface area (Å²) < 4.78 is 34.9. The number of carbonyl (C=O) groups excluding carboxylic acids is 1. The molecule has 1 atom stereocenters. The van der Waals surface area contributed by atoms with E-state index in [2.05, 4.69) is 20.5 Å². The smallest absolute Gasteiger partial charge is 0.251 e. The summed E-state index contributed by atoms with van der Waals surface area (Å²) in [6, 6.07) is 10.2. The Labute approximate surface area is 236 Å². The van der Waals surface area contributed by atoms with Crippen LogP contribution in [0.3, 0.4) is 0 Å². The van der Waals surface area contributed by atoms with Gasteiger partial charge >= 0.3 is 0 Å². The molecular formula is C31H32F2N4O4. The van der Waals surface area contributed by atoms with E-state index in [0.717, 1.165) is 0 Å². The number of pyridine rings is 1. The van der Waals surface area contributed by atoms with E-state index in [1.807, 2.05) is 0 Å². The molecule has 1 amide bonds. The summed E-state index contributed by atoms with van der Waals surface area (Å²) in [5.74, 6) is -1.57. The van der Waals surface area contributed by atoms with Crippen molar-refractivity contribution in [1.29, 1.82) is 0 Å². The first-order valence-corrected chi connectivity index (χ1v) is 13.4. The molecule has 1 aliphatic rings. The highest BCUT2D eigenvalue weighted by Gasteiger charge is 2.48. The van der Waals surface area contributed by atoms with Crippen molar-refractivity contribution in [1.82, 2.24) is 20.5 Å². The molecule has 4 aromatic rings. The molecular weight excluding hydrogens is 530 g/mol. The molecule has 10 heteroatoms. The summed E-state index contributed by atoms with van der Waals surface area (Å²) in [6.45, 7) is 6.08. The molecule has 1 saturated carbocycles. The third-order valence-electron chi connectivity index (χ3n) is 7.55. The fourth-order valence-corrected chi connectivity index (χ4v) is 5.41. The maximum atomic E-state index is 15.9. The van der Waals surface area contributed by atoms with Gasteiger partial charge in [-0.05, 0) is 94.5 Å². The molecule has 1 aliphatic carbocycles. The van der Waals surface area contributed by atoms with Crippen LogP contribution < -0.4 is 10.1 Å². The average Bonchev–Trinajstić information content (AvgIpc) is 3.77. The van der Waals surface area contributed by atoms with Crippen LogP contribution in [0.15, 0.2) is 42.5 Å². The second-order valence-corrected chi connectivity index (χ2v) is 11.2. The molecule has 5 rings (SSSR count). The zero-order valence-electron chi connectivity index (χ0n) is 23.5. The number of hydrogen-bond acceptors (Lipinski definition) is 7. The topological polar surface area (TPSA) is 117 Å². The van der Waals surface area contributed by atoms with Crippen LogP contribution in [0.5, 0.6) is 5.75 Å². The summed E-state index contributed by atoms with van der Waals surface area (Å²) in [5, 5.41) is 34.8. The molecule has 0 aliphatic heterocycles. The number of hydrogen-bond donors (Lipinski definition) is 3. The van der Waals surface area contributed by atoms with Gasteiger partial charge in [0.05, 0.1) is 30.6 Å². The van der Waals surface area contributed by atoms with Crippen LogP contribution in [0, 0.1) is 31.4 Å². The van der Waals surface area contributed by atoms with Crippen molar-refractivity contribution in [2.24, 2.45) is 5.92 Å². The van der Waals surface area contributed by atoms with Crippen LogP contribution in [0.2, 0.25) is 0 Å². The van der Waals surface area contributed by atoms with E-state index in [9.17, 15) is 19.4 Å². The van der Waals surface area contributed by atoms with Gasteiger partial charge in [-0.2, -0.15) is 5.10 Å². The second-order valence-electron chi connectivity index (χ2n) is 11.2. The SMILES string of the molecule is COc1cc(C(=O)NC[C@@](O)(c2nc(-c3ccc(F)cc3)c(F)c(C(C)(C)O)c2C)C2CC2)cc2cc(C)nnc12. The molecule has 3 N–H and O–H groups in total. The predicted octanol–water partition coefficient (Wildman–Crippen LogP) is 4.85. The van der Waals surface area contributed by atoms with Gasteiger partial charge in [0.1, 0.15) is 28.4 Å². The quantitative estimate of drug-likeness (QED) is 0.281. The van der Waals surface area contributed by atoms with E-state index in [1.165, 1.54) is 45.2 Å². The number of halogens is 2.